The molecule has 0 radical (unpaired) electrons. The van der Waals surface area contributed by atoms with E-state index < -0.39 is 22.9 Å². The zero-order chi connectivity index (χ0) is 18.3. The van der Waals surface area contributed by atoms with Gasteiger partial charge in [0.05, 0.1) is 6.54 Å². The van der Waals surface area contributed by atoms with Crippen LogP contribution < -0.4 is 15.2 Å². The van der Waals surface area contributed by atoms with Gasteiger partial charge in [-0.2, -0.15) is 0 Å². The second-order valence-electron chi connectivity index (χ2n) is 6.07. The molecule has 0 spiro atoms. The molecule has 2 aliphatic heterocycles. The summed E-state index contributed by atoms with van der Waals surface area (Å²) in [7, 11) is 0. The van der Waals surface area contributed by atoms with Crippen molar-refractivity contribution in [2.45, 2.75) is 6.54 Å². The van der Waals surface area contributed by atoms with Crippen LogP contribution in [0, 0.1) is 5.82 Å². The topological polar surface area (TPSA) is 75.0 Å². The van der Waals surface area contributed by atoms with Gasteiger partial charge in [-0.25, -0.2) is 4.39 Å². The quantitative estimate of drug-likeness (QED) is 0.717. The molecule has 2 aromatic rings. The molecule has 0 unspecified atom stereocenters. The molecule has 7 nitrogen and oxygen atoms in total. The minimum Gasteiger partial charge on any atom is -0.502 e. The fourth-order valence-electron chi connectivity index (χ4n) is 3.14. The number of pyridine rings is 1. The molecule has 1 aromatic heterocycles. The molecular formula is C18H16FN3O4. The number of ether oxygens (including phenoxy) is 1. The Morgan fingerprint density at radius 2 is 2.00 bits per heavy atom. The number of fused-ring (bicyclic) bond motifs is 5. The maximum atomic E-state index is 14.2. The fourth-order valence-corrected chi connectivity index (χ4v) is 3.14. The molecule has 1 amide bonds. The van der Waals surface area contributed by atoms with E-state index in [1.54, 1.807) is 29.3 Å². The van der Waals surface area contributed by atoms with Gasteiger partial charge in [-0.15, -0.1) is 0 Å². The molecule has 0 fully saturated rings. The van der Waals surface area contributed by atoms with Crippen molar-refractivity contribution in [1.29, 1.82) is 0 Å². The Hall–Kier alpha value is -3.29. The van der Waals surface area contributed by atoms with E-state index in [0.717, 1.165) is 0 Å². The average molecular weight is 357 g/mol. The number of hydrogen-bond donors (Lipinski definition) is 1. The molecule has 134 valence electrons. The van der Waals surface area contributed by atoms with E-state index in [1.807, 2.05) is 0 Å². The first-order valence-electron chi connectivity index (χ1n) is 8.10. The van der Waals surface area contributed by atoms with Crippen LogP contribution in [0.15, 0.2) is 47.4 Å². The highest BCUT2D eigenvalue weighted by Gasteiger charge is 2.32. The van der Waals surface area contributed by atoms with Crippen LogP contribution in [0.3, 0.4) is 0 Å². The van der Waals surface area contributed by atoms with Crippen molar-refractivity contribution in [2.24, 2.45) is 0 Å². The summed E-state index contributed by atoms with van der Waals surface area (Å²) in [5.74, 6) is -1.36. The normalized spacial score (nSPS) is 17.7. The van der Waals surface area contributed by atoms with Crippen LogP contribution in [0.1, 0.15) is 16.1 Å². The van der Waals surface area contributed by atoms with Gasteiger partial charge in [0.1, 0.15) is 13.3 Å². The van der Waals surface area contributed by atoms with Gasteiger partial charge in [0.25, 0.3) is 5.91 Å². The maximum Gasteiger partial charge on any atom is 0.278 e. The molecule has 3 heterocycles. The second kappa shape index (κ2) is 6.21. The van der Waals surface area contributed by atoms with Gasteiger partial charge in [0, 0.05) is 24.4 Å². The summed E-state index contributed by atoms with van der Waals surface area (Å²) in [5, 5.41) is 11.9. The number of amides is 1. The molecule has 1 N–H and O–H groups in total. The summed E-state index contributed by atoms with van der Waals surface area (Å²) in [4.78, 5) is 26.0. The van der Waals surface area contributed by atoms with Crippen LogP contribution in [0.2, 0.25) is 0 Å². The Labute approximate surface area is 148 Å². The van der Waals surface area contributed by atoms with E-state index in [0.29, 0.717) is 5.56 Å². The van der Waals surface area contributed by atoms with Gasteiger partial charge >= 0.3 is 0 Å². The van der Waals surface area contributed by atoms with Gasteiger partial charge in [-0.1, -0.05) is 18.2 Å². The van der Waals surface area contributed by atoms with Crippen molar-refractivity contribution in [3.05, 3.63) is 69.9 Å². The predicted octanol–water partition coefficient (Wildman–Crippen LogP) is 1.19. The molecule has 1 aromatic carbocycles. The monoisotopic (exact) mass is 357 g/mol. The van der Waals surface area contributed by atoms with Gasteiger partial charge < -0.3 is 14.7 Å². The van der Waals surface area contributed by atoms with Crippen molar-refractivity contribution in [2.75, 3.05) is 24.8 Å². The summed E-state index contributed by atoms with van der Waals surface area (Å²) in [5.41, 5.74) is -0.130. The highest BCUT2D eigenvalue weighted by atomic mass is 19.1. The smallest absolute Gasteiger partial charge is 0.278 e. The molecule has 8 heteroatoms. The van der Waals surface area contributed by atoms with Crippen LogP contribution >= 0.6 is 0 Å². The number of nitrogens with zero attached hydrogens (tertiary/aromatic N) is 3. The lowest BCUT2D eigenvalue weighted by Gasteiger charge is -2.39. The van der Waals surface area contributed by atoms with Crippen LogP contribution in [-0.2, 0) is 6.54 Å². The summed E-state index contributed by atoms with van der Waals surface area (Å²) in [6.07, 6.45) is 4.86. The van der Waals surface area contributed by atoms with E-state index >= 15 is 0 Å². The standard InChI is InChI=1S/C18H16FN3O4/c19-13-5-3-4-12-10-21-11-20(7-1-2-9-26-17(12)13)18(25)15-16(24)14(23)6-8-22(15)21/h1-6,8,24H,7,9-11H2/b2-1+. The third-order valence-corrected chi connectivity index (χ3v) is 4.40. The van der Waals surface area contributed by atoms with Gasteiger partial charge in [-0.05, 0) is 12.1 Å². The van der Waals surface area contributed by atoms with Crippen molar-refractivity contribution in [3.8, 4) is 11.5 Å². The van der Waals surface area contributed by atoms with Gasteiger partial charge in [-0.3, -0.25) is 19.3 Å². The summed E-state index contributed by atoms with van der Waals surface area (Å²) in [6, 6.07) is 5.84. The molecule has 26 heavy (non-hydrogen) atoms. The molecule has 4 rings (SSSR count). The third kappa shape index (κ3) is 2.59. The number of para-hydroxylation sites is 1. The Morgan fingerprint density at radius 1 is 1.15 bits per heavy atom. The van der Waals surface area contributed by atoms with Crippen molar-refractivity contribution in [3.63, 3.8) is 0 Å². The molecule has 0 saturated heterocycles. The fraction of sp³-hybridized carbons (Fsp3) is 0.222. The number of benzene rings is 1. The molecular weight excluding hydrogens is 341 g/mol. The van der Waals surface area contributed by atoms with E-state index in [1.165, 1.54) is 27.9 Å². The minimum absolute atomic E-state index is 0.102. The number of aromatic hydroxyl groups is 1. The Kier molecular flexibility index (Phi) is 3.87. The third-order valence-electron chi connectivity index (χ3n) is 4.40. The first-order valence-corrected chi connectivity index (χ1v) is 8.10. The molecule has 0 saturated carbocycles. The first-order chi connectivity index (χ1) is 12.6. The van der Waals surface area contributed by atoms with Crippen LogP contribution in [-0.4, -0.2) is 40.4 Å². The van der Waals surface area contributed by atoms with Gasteiger partial charge in [0.15, 0.2) is 23.0 Å². The number of hydrogen-bond acceptors (Lipinski definition) is 5. The minimum atomic E-state index is -0.624. The van der Waals surface area contributed by atoms with E-state index in [2.05, 4.69) is 0 Å². The van der Waals surface area contributed by atoms with Crippen molar-refractivity contribution in [1.82, 2.24) is 9.58 Å². The average Bonchev–Trinajstić information content (AvgIpc) is 2.65. The van der Waals surface area contributed by atoms with Crippen LogP contribution in [0.25, 0.3) is 0 Å². The highest BCUT2D eigenvalue weighted by molar-refractivity contribution is 5.96. The second-order valence-corrected chi connectivity index (χ2v) is 6.07. The van der Waals surface area contributed by atoms with Crippen molar-refractivity contribution < 1.29 is 19.0 Å². The van der Waals surface area contributed by atoms with Crippen LogP contribution in [0.5, 0.6) is 11.5 Å². The number of rotatable bonds is 0. The Bertz CT molecular complexity index is 969. The zero-order valence-electron chi connectivity index (χ0n) is 13.8. The summed E-state index contributed by atoms with van der Waals surface area (Å²) < 4.78 is 21.2. The summed E-state index contributed by atoms with van der Waals surface area (Å²) >= 11 is 0. The maximum absolute atomic E-state index is 14.2. The molecule has 0 atom stereocenters. The largest absolute Gasteiger partial charge is 0.502 e. The predicted molar refractivity (Wildman–Crippen MR) is 91.2 cm³/mol. The lowest BCUT2D eigenvalue weighted by molar-refractivity contribution is 0.0706. The van der Waals surface area contributed by atoms with E-state index in [4.69, 9.17) is 4.74 Å². The summed E-state index contributed by atoms with van der Waals surface area (Å²) in [6.45, 7) is 0.896. The number of carbonyl (C=O) groups is 1. The van der Waals surface area contributed by atoms with Crippen LogP contribution in [0.4, 0.5) is 4.39 Å². The lowest BCUT2D eigenvalue weighted by Crippen LogP contribution is -2.53. The SMILES string of the molecule is O=C1c2c(O)c(=O)ccn2N2Cc3cccc(F)c3OC/C=C/CN1C2. The molecule has 2 bridgehead atoms. The van der Waals surface area contributed by atoms with E-state index in [-0.39, 0.29) is 37.8 Å². The molecule has 2 aliphatic rings. The number of halogens is 1. The highest BCUT2D eigenvalue weighted by Crippen LogP contribution is 2.27. The molecule has 0 aliphatic carbocycles. The zero-order valence-corrected chi connectivity index (χ0v) is 13.8. The van der Waals surface area contributed by atoms with Crippen molar-refractivity contribution >= 4 is 5.91 Å². The number of aromatic nitrogens is 1. The van der Waals surface area contributed by atoms with Gasteiger partial charge in [0.2, 0.25) is 5.43 Å². The Balaban J connectivity index is 1.87. The van der Waals surface area contributed by atoms with E-state index in [9.17, 15) is 19.1 Å². The number of carbonyl (C=O) groups excluding carboxylic acids is 1. The Morgan fingerprint density at radius 3 is 2.85 bits per heavy atom. The lowest BCUT2D eigenvalue weighted by atomic mass is 10.2. The first kappa shape index (κ1) is 16.2.